The van der Waals surface area contributed by atoms with Crippen molar-refractivity contribution in [1.82, 2.24) is 4.90 Å². The maximum absolute atomic E-state index is 12.3. The lowest BCUT2D eigenvalue weighted by molar-refractivity contribution is -0.150. The monoisotopic (exact) mass is 242 g/mol. The standard InChI is InChI=1S/C11H18N2O4/c1-17-7-4-8(9(14)15)13(5-7)10(16)11(6-12)2-3-11/h7-8H,2-6,12H2,1H3,(H,14,15). The van der Waals surface area contributed by atoms with Crippen molar-refractivity contribution < 1.29 is 19.4 Å². The van der Waals surface area contributed by atoms with Gasteiger partial charge in [0, 0.05) is 26.6 Å². The van der Waals surface area contributed by atoms with Gasteiger partial charge in [-0.25, -0.2) is 4.79 Å². The maximum Gasteiger partial charge on any atom is 0.326 e. The molecule has 2 unspecified atom stereocenters. The number of nitrogens with zero attached hydrogens (tertiary/aromatic N) is 1. The van der Waals surface area contributed by atoms with Crippen molar-refractivity contribution in [2.75, 3.05) is 20.2 Å². The van der Waals surface area contributed by atoms with Gasteiger partial charge in [-0.05, 0) is 12.8 Å². The van der Waals surface area contributed by atoms with Crippen molar-refractivity contribution in [2.24, 2.45) is 11.1 Å². The van der Waals surface area contributed by atoms with Crippen LogP contribution in [0.15, 0.2) is 0 Å². The first-order valence-corrected chi connectivity index (χ1v) is 5.81. The van der Waals surface area contributed by atoms with Crippen LogP contribution in [0.25, 0.3) is 0 Å². The summed E-state index contributed by atoms with van der Waals surface area (Å²) in [5.74, 6) is -1.09. The zero-order valence-electron chi connectivity index (χ0n) is 9.89. The van der Waals surface area contributed by atoms with Gasteiger partial charge in [0.1, 0.15) is 6.04 Å². The molecule has 3 N–H and O–H groups in total. The number of nitrogens with two attached hydrogens (primary N) is 1. The fraction of sp³-hybridized carbons (Fsp3) is 0.818. The number of carboxylic acid groups (broad SMARTS) is 1. The zero-order chi connectivity index (χ0) is 12.6. The van der Waals surface area contributed by atoms with Crippen molar-refractivity contribution in [3.8, 4) is 0 Å². The van der Waals surface area contributed by atoms with Crippen LogP contribution >= 0.6 is 0 Å². The van der Waals surface area contributed by atoms with Crippen molar-refractivity contribution in [2.45, 2.75) is 31.4 Å². The average Bonchev–Trinajstić information content (AvgIpc) is 2.99. The summed E-state index contributed by atoms with van der Waals surface area (Å²) in [4.78, 5) is 24.8. The van der Waals surface area contributed by atoms with Crippen LogP contribution in [0.1, 0.15) is 19.3 Å². The van der Waals surface area contributed by atoms with E-state index in [2.05, 4.69) is 0 Å². The SMILES string of the molecule is COC1CC(C(=O)O)N(C(=O)C2(CN)CC2)C1. The third-order valence-electron chi connectivity index (χ3n) is 3.84. The van der Waals surface area contributed by atoms with Crippen LogP contribution in [0, 0.1) is 5.41 Å². The number of hydrogen-bond acceptors (Lipinski definition) is 4. The molecule has 0 radical (unpaired) electrons. The molecule has 6 heteroatoms. The number of amides is 1. The first kappa shape index (κ1) is 12.3. The Kier molecular flexibility index (Phi) is 3.09. The number of methoxy groups -OCH3 is 1. The van der Waals surface area contributed by atoms with Crippen LogP contribution in [0.3, 0.4) is 0 Å². The first-order valence-electron chi connectivity index (χ1n) is 5.81. The van der Waals surface area contributed by atoms with E-state index in [-0.39, 0.29) is 12.0 Å². The summed E-state index contributed by atoms with van der Waals surface area (Å²) in [7, 11) is 1.54. The minimum absolute atomic E-state index is 0.119. The molecule has 1 aliphatic heterocycles. The van der Waals surface area contributed by atoms with Gasteiger partial charge < -0.3 is 20.5 Å². The van der Waals surface area contributed by atoms with Gasteiger partial charge in [0.2, 0.25) is 5.91 Å². The molecule has 0 bridgehead atoms. The average molecular weight is 242 g/mol. The number of aliphatic carboxylic acids is 1. The van der Waals surface area contributed by atoms with E-state index in [0.717, 1.165) is 12.8 Å². The summed E-state index contributed by atoms with van der Waals surface area (Å²) < 4.78 is 5.15. The van der Waals surface area contributed by atoms with Crippen LogP contribution in [0.2, 0.25) is 0 Å². The molecule has 2 rings (SSSR count). The molecule has 1 saturated heterocycles. The van der Waals surface area contributed by atoms with E-state index in [1.54, 1.807) is 0 Å². The van der Waals surface area contributed by atoms with E-state index < -0.39 is 17.4 Å². The molecule has 0 spiro atoms. The number of carbonyl (C=O) groups is 2. The molecule has 2 fully saturated rings. The van der Waals surface area contributed by atoms with E-state index in [4.69, 9.17) is 15.6 Å². The summed E-state index contributed by atoms with van der Waals surface area (Å²) >= 11 is 0. The molecular formula is C11H18N2O4. The Morgan fingerprint density at radius 3 is 2.59 bits per heavy atom. The quantitative estimate of drug-likeness (QED) is 0.688. The second-order valence-electron chi connectivity index (χ2n) is 4.89. The second-order valence-corrected chi connectivity index (χ2v) is 4.89. The highest BCUT2D eigenvalue weighted by Crippen LogP contribution is 2.47. The molecule has 96 valence electrons. The van der Waals surface area contributed by atoms with Crippen LogP contribution in [-0.2, 0) is 14.3 Å². The van der Waals surface area contributed by atoms with E-state index in [1.165, 1.54) is 12.0 Å². The Bertz CT molecular complexity index is 340. The molecule has 0 aromatic heterocycles. The predicted molar refractivity (Wildman–Crippen MR) is 59.3 cm³/mol. The summed E-state index contributed by atoms with van der Waals surface area (Å²) in [5.41, 5.74) is 5.11. The molecule has 0 aromatic carbocycles. The fourth-order valence-electron chi connectivity index (χ4n) is 2.39. The lowest BCUT2D eigenvalue weighted by Gasteiger charge is -2.25. The lowest BCUT2D eigenvalue weighted by atomic mass is 10.1. The number of carbonyl (C=O) groups excluding carboxylic acids is 1. The van der Waals surface area contributed by atoms with Gasteiger partial charge in [-0.1, -0.05) is 0 Å². The van der Waals surface area contributed by atoms with Crippen molar-refractivity contribution in [3.63, 3.8) is 0 Å². The molecule has 1 saturated carbocycles. The largest absolute Gasteiger partial charge is 0.480 e. The molecule has 2 aliphatic rings. The van der Waals surface area contributed by atoms with Crippen molar-refractivity contribution in [1.29, 1.82) is 0 Å². The second kappa shape index (κ2) is 4.27. The van der Waals surface area contributed by atoms with Gasteiger partial charge in [-0.3, -0.25) is 4.79 Å². The van der Waals surface area contributed by atoms with E-state index >= 15 is 0 Å². The van der Waals surface area contributed by atoms with Crippen LogP contribution in [0.5, 0.6) is 0 Å². The molecule has 6 nitrogen and oxygen atoms in total. The van der Waals surface area contributed by atoms with E-state index in [0.29, 0.717) is 19.5 Å². The Balaban J connectivity index is 2.13. The van der Waals surface area contributed by atoms with Gasteiger partial charge in [-0.2, -0.15) is 0 Å². The smallest absolute Gasteiger partial charge is 0.326 e. The zero-order valence-corrected chi connectivity index (χ0v) is 9.89. The lowest BCUT2D eigenvalue weighted by Crippen LogP contribution is -2.46. The fourth-order valence-corrected chi connectivity index (χ4v) is 2.39. The third-order valence-corrected chi connectivity index (χ3v) is 3.84. The minimum atomic E-state index is -0.967. The van der Waals surface area contributed by atoms with E-state index in [1.807, 2.05) is 0 Å². The van der Waals surface area contributed by atoms with Gasteiger partial charge in [-0.15, -0.1) is 0 Å². The number of likely N-dealkylation sites (tertiary alicyclic amines) is 1. The molecule has 1 heterocycles. The van der Waals surface area contributed by atoms with Crippen molar-refractivity contribution >= 4 is 11.9 Å². The van der Waals surface area contributed by atoms with Crippen LogP contribution in [-0.4, -0.2) is 54.2 Å². The third kappa shape index (κ3) is 2.02. The van der Waals surface area contributed by atoms with Gasteiger partial charge >= 0.3 is 5.97 Å². The maximum atomic E-state index is 12.3. The highest BCUT2D eigenvalue weighted by Gasteiger charge is 2.54. The van der Waals surface area contributed by atoms with Gasteiger partial charge in [0.25, 0.3) is 0 Å². The topological polar surface area (TPSA) is 92.9 Å². The number of hydrogen-bond donors (Lipinski definition) is 2. The Hall–Kier alpha value is -1.14. The summed E-state index contributed by atoms with van der Waals surface area (Å²) in [5, 5.41) is 9.12. The molecule has 0 aromatic rings. The normalized spacial score (nSPS) is 30.4. The summed E-state index contributed by atoms with van der Waals surface area (Å²) in [6.45, 7) is 0.653. The summed E-state index contributed by atoms with van der Waals surface area (Å²) in [6, 6.07) is -0.767. The van der Waals surface area contributed by atoms with Gasteiger partial charge in [0.05, 0.1) is 11.5 Å². The molecule has 1 aliphatic carbocycles. The Morgan fingerprint density at radius 2 is 2.18 bits per heavy atom. The van der Waals surface area contributed by atoms with Crippen LogP contribution < -0.4 is 5.73 Å². The predicted octanol–water partition coefficient (Wildman–Crippen LogP) is -0.574. The number of ether oxygens (including phenoxy) is 1. The highest BCUT2D eigenvalue weighted by atomic mass is 16.5. The van der Waals surface area contributed by atoms with E-state index in [9.17, 15) is 9.59 Å². The Morgan fingerprint density at radius 1 is 1.53 bits per heavy atom. The van der Waals surface area contributed by atoms with Gasteiger partial charge in [0.15, 0.2) is 0 Å². The Labute approximate surface area is 99.7 Å². The number of carboxylic acids is 1. The molecule has 17 heavy (non-hydrogen) atoms. The summed E-state index contributed by atoms with van der Waals surface area (Å²) in [6.07, 6.45) is 1.71. The van der Waals surface area contributed by atoms with Crippen molar-refractivity contribution in [3.05, 3.63) is 0 Å². The number of rotatable bonds is 4. The molecule has 1 amide bonds. The highest BCUT2D eigenvalue weighted by molar-refractivity contribution is 5.90. The van der Waals surface area contributed by atoms with Crippen LogP contribution in [0.4, 0.5) is 0 Å². The minimum Gasteiger partial charge on any atom is -0.480 e. The molecular weight excluding hydrogens is 224 g/mol. The molecule has 2 atom stereocenters. The first-order chi connectivity index (χ1) is 8.04.